The summed E-state index contributed by atoms with van der Waals surface area (Å²) in [5, 5.41) is 7.43. The summed E-state index contributed by atoms with van der Waals surface area (Å²) in [4.78, 5) is 5.19. The number of aromatic nitrogens is 3. The highest BCUT2D eigenvalue weighted by Crippen LogP contribution is 2.43. The Kier molecular flexibility index (Phi) is 5.87. The van der Waals surface area contributed by atoms with Gasteiger partial charge in [-0.05, 0) is 41.8 Å². The first-order chi connectivity index (χ1) is 23.8. The van der Waals surface area contributed by atoms with Gasteiger partial charge >= 0.3 is 0 Å². The minimum absolute atomic E-state index is 0.948. The Balaban J connectivity index is 1.36. The summed E-state index contributed by atoms with van der Waals surface area (Å²) in [6.07, 6.45) is 0. The smallest absolute Gasteiger partial charge is 0.0730 e. The van der Waals surface area contributed by atoms with E-state index in [1.165, 1.54) is 54.6 Å². The molecule has 0 fully saturated rings. The van der Waals surface area contributed by atoms with Gasteiger partial charge in [0.25, 0.3) is 0 Å². The Morgan fingerprint density at radius 3 is 1.65 bits per heavy atom. The average Bonchev–Trinajstić information content (AvgIpc) is 3.68. The number of rotatable bonds is 4. The Bertz CT molecular complexity index is 2760. The van der Waals surface area contributed by atoms with Gasteiger partial charge in [0.15, 0.2) is 0 Å². The summed E-state index contributed by atoms with van der Waals surface area (Å²) >= 11 is 0. The van der Waals surface area contributed by atoms with Gasteiger partial charge in [-0.25, -0.2) is 4.98 Å². The van der Waals surface area contributed by atoms with Crippen LogP contribution in [0, 0.1) is 0 Å². The van der Waals surface area contributed by atoms with Crippen LogP contribution in [0.2, 0.25) is 0 Å². The minimum Gasteiger partial charge on any atom is -0.309 e. The molecule has 0 aliphatic carbocycles. The van der Waals surface area contributed by atoms with Crippen molar-refractivity contribution in [2.75, 3.05) is 0 Å². The van der Waals surface area contributed by atoms with Crippen molar-refractivity contribution < 1.29 is 0 Å². The van der Waals surface area contributed by atoms with Gasteiger partial charge in [-0.2, -0.15) is 0 Å². The minimum atomic E-state index is 0.948. The first-order valence-electron chi connectivity index (χ1n) is 16.4. The molecule has 0 amide bonds. The highest BCUT2D eigenvalue weighted by Gasteiger charge is 2.22. The van der Waals surface area contributed by atoms with Crippen LogP contribution in [0.1, 0.15) is 0 Å². The van der Waals surface area contributed by atoms with E-state index >= 15 is 0 Å². The van der Waals surface area contributed by atoms with E-state index in [1.807, 2.05) is 0 Å². The second kappa shape index (κ2) is 10.5. The van der Waals surface area contributed by atoms with Crippen LogP contribution in [0.25, 0.3) is 88.3 Å². The zero-order valence-electron chi connectivity index (χ0n) is 26.1. The summed E-state index contributed by atoms with van der Waals surface area (Å²) in [5.74, 6) is 0. The molecule has 3 heteroatoms. The number of nitrogens with zero attached hydrogens (tertiary/aromatic N) is 3. The van der Waals surface area contributed by atoms with Crippen molar-refractivity contribution in [1.82, 2.24) is 14.1 Å². The monoisotopic (exact) mass is 611 g/mol. The molecule has 0 aliphatic rings. The van der Waals surface area contributed by atoms with E-state index in [0.29, 0.717) is 0 Å². The van der Waals surface area contributed by atoms with Crippen molar-refractivity contribution in [3.05, 3.63) is 176 Å². The lowest BCUT2D eigenvalue weighted by Crippen LogP contribution is -1.98. The van der Waals surface area contributed by atoms with Gasteiger partial charge in [0.2, 0.25) is 0 Å². The summed E-state index contributed by atoms with van der Waals surface area (Å²) in [6.45, 7) is 0. The zero-order chi connectivity index (χ0) is 31.6. The first kappa shape index (κ1) is 26.7. The topological polar surface area (TPSA) is 22.8 Å². The Morgan fingerprint density at radius 1 is 0.375 bits per heavy atom. The largest absolute Gasteiger partial charge is 0.309 e. The predicted octanol–water partition coefficient (Wildman–Crippen LogP) is 11.8. The van der Waals surface area contributed by atoms with E-state index in [2.05, 4.69) is 185 Å². The third kappa shape index (κ3) is 3.98. The molecule has 48 heavy (non-hydrogen) atoms. The van der Waals surface area contributed by atoms with E-state index < -0.39 is 0 Å². The second-order valence-electron chi connectivity index (χ2n) is 12.4. The van der Waals surface area contributed by atoms with Crippen molar-refractivity contribution in [1.29, 1.82) is 0 Å². The van der Waals surface area contributed by atoms with Crippen LogP contribution in [0.4, 0.5) is 0 Å². The molecule has 0 atom stereocenters. The molecule has 0 radical (unpaired) electrons. The van der Waals surface area contributed by atoms with E-state index in [1.54, 1.807) is 0 Å². The summed E-state index contributed by atoms with van der Waals surface area (Å²) in [7, 11) is 0. The second-order valence-corrected chi connectivity index (χ2v) is 12.4. The number of benzene rings is 7. The third-order valence-corrected chi connectivity index (χ3v) is 9.68. The fourth-order valence-corrected chi connectivity index (χ4v) is 7.60. The third-order valence-electron chi connectivity index (χ3n) is 9.68. The molecule has 3 aromatic heterocycles. The molecular formula is C45H29N3. The fourth-order valence-electron chi connectivity index (χ4n) is 7.60. The molecule has 3 heterocycles. The van der Waals surface area contributed by atoms with Gasteiger partial charge in [-0.1, -0.05) is 140 Å². The molecular weight excluding hydrogens is 583 g/mol. The zero-order valence-corrected chi connectivity index (χ0v) is 26.1. The molecule has 10 aromatic rings. The van der Waals surface area contributed by atoms with Crippen LogP contribution < -0.4 is 0 Å². The normalized spacial score (nSPS) is 11.8. The lowest BCUT2D eigenvalue weighted by molar-refractivity contribution is 1.16. The van der Waals surface area contributed by atoms with Crippen molar-refractivity contribution >= 4 is 54.4 Å². The van der Waals surface area contributed by atoms with Gasteiger partial charge < -0.3 is 9.13 Å². The predicted molar refractivity (Wildman–Crippen MR) is 201 cm³/mol. The quantitative estimate of drug-likeness (QED) is 0.194. The lowest BCUT2D eigenvalue weighted by Gasteiger charge is -2.14. The molecule has 0 saturated heterocycles. The Hall–Kier alpha value is -6.45. The van der Waals surface area contributed by atoms with Gasteiger partial charge in [0.05, 0.1) is 44.8 Å². The Labute approximate surface area is 277 Å². The average molecular weight is 612 g/mol. The van der Waals surface area contributed by atoms with Gasteiger partial charge in [-0.15, -0.1) is 0 Å². The van der Waals surface area contributed by atoms with Crippen LogP contribution in [0.5, 0.6) is 0 Å². The number of hydrogen-bond acceptors (Lipinski definition) is 1. The molecule has 3 nitrogen and oxygen atoms in total. The van der Waals surface area contributed by atoms with Crippen LogP contribution in [-0.2, 0) is 0 Å². The number of hydrogen-bond donors (Lipinski definition) is 0. The van der Waals surface area contributed by atoms with Gasteiger partial charge in [0, 0.05) is 38.1 Å². The van der Waals surface area contributed by atoms with E-state index in [4.69, 9.17) is 4.98 Å². The van der Waals surface area contributed by atoms with E-state index in [9.17, 15) is 0 Å². The fraction of sp³-hybridized carbons (Fsp3) is 0. The summed E-state index contributed by atoms with van der Waals surface area (Å²) in [6, 6.07) is 63.0. The van der Waals surface area contributed by atoms with Crippen LogP contribution >= 0.6 is 0 Å². The van der Waals surface area contributed by atoms with E-state index in [0.717, 1.165) is 33.7 Å². The lowest BCUT2D eigenvalue weighted by atomic mass is 10.1. The van der Waals surface area contributed by atoms with Crippen molar-refractivity contribution in [3.8, 4) is 33.9 Å². The standard InChI is InChI=1S/C45H29N3/c1-3-15-31(16-4-1)38-28-33(29-39(46-38)32-17-5-2-6-18-32)47-42-24-12-10-22-37(42)44-43(47)27-26-36-35-21-9-11-23-41(35)48(45(36)44)40-25-13-19-30-14-7-8-20-34(30)40/h1-29H. The van der Waals surface area contributed by atoms with Crippen LogP contribution in [0.15, 0.2) is 176 Å². The number of pyridine rings is 1. The van der Waals surface area contributed by atoms with Crippen molar-refractivity contribution in [2.45, 2.75) is 0 Å². The van der Waals surface area contributed by atoms with Crippen LogP contribution in [0.3, 0.4) is 0 Å². The SMILES string of the molecule is c1ccc(-c2cc(-n3c4ccccc4c4c3ccc3c5ccccc5n(-c5cccc6ccccc56)c34)cc(-c3ccccc3)n2)cc1. The highest BCUT2D eigenvalue weighted by molar-refractivity contribution is 6.26. The molecule has 0 spiro atoms. The maximum absolute atomic E-state index is 5.19. The molecule has 0 bridgehead atoms. The van der Waals surface area contributed by atoms with Crippen molar-refractivity contribution in [2.24, 2.45) is 0 Å². The summed E-state index contributed by atoms with van der Waals surface area (Å²) < 4.78 is 4.92. The number of fused-ring (bicyclic) bond motifs is 8. The molecule has 224 valence electrons. The highest BCUT2D eigenvalue weighted by atomic mass is 15.0. The molecule has 0 saturated carbocycles. The number of para-hydroxylation sites is 2. The van der Waals surface area contributed by atoms with Gasteiger partial charge in [-0.3, -0.25) is 0 Å². The first-order valence-corrected chi connectivity index (χ1v) is 16.4. The Morgan fingerprint density at radius 2 is 0.938 bits per heavy atom. The summed E-state index contributed by atoms with van der Waals surface area (Å²) in [5.41, 5.74) is 11.1. The molecule has 7 aromatic carbocycles. The van der Waals surface area contributed by atoms with E-state index in [-0.39, 0.29) is 0 Å². The van der Waals surface area contributed by atoms with Crippen molar-refractivity contribution in [3.63, 3.8) is 0 Å². The maximum Gasteiger partial charge on any atom is 0.0730 e. The molecule has 0 N–H and O–H groups in total. The molecule has 0 aliphatic heterocycles. The maximum atomic E-state index is 5.19. The van der Waals surface area contributed by atoms with Gasteiger partial charge in [0.1, 0.15) is 0 Å². The van der Waals surface area contributed by atoms with Crippen LogP contribution in [-0.4, -0.2) is 14.1 Å². The molecule has 10 rings (SSSR count). The molecule has 0 unspecified atom stereocenters.